The Kier molecular flexibility index (Phi) is 7.12. The van der Waals surface area contributed by atoms with Crippen molar-refractivity contribution in [3.63, 3.8) is 0 Å². The van der Waals surface area contributed by atoms with E-state index in [-0.39, 0.29) is 29.5 Å². The van der Waals surface area contributed by atoms with Crippen LogP contribution in [0.25, 0.3) is 0 Å². The Morgan fingerprint density at radius 3 is 2.62 bits per heavy atom. The maximum atomic E-state index is 12.0. The van der Waals surface area contributed by atoms with E-state index in [1.54, 1.807) is 6.92 Å². The number of carboxylic acids is 1. The van der Waals surface area contributed by atoms with Crippen LogP contribution >= 0.6 is 11.6 Å². The van der Waals surface area contributed by atoms with Crippen molar-refractivity contribution >= 4 is 35.1 Å². The first-order chi connectivity index (χ1) is 11.2. The summed E-state index contributed by atoms with van der Waals surface area (Å²) in [5.41, 5.74) is -0.786. The molecule has 9 nitrogen and oxygen atoms in total. The molecule has 0 bridgehead atoms. The number of rotatable bonds is 8. The third kappa shape index (κ3) is 5.84. The average molecular weight is 358 g/mol. The van der Waals surface area contributed by atoms with Gasteiger partial charge in [0.15, 0.2) is 0 Å². The van der Waals surface area contributed by atoms with E-state index in [0.717, 1.165) is 6.07 Å². The van der Waals surface area contributed by atoms with Crippen molar-refractivity contribution in [3.05, 3.63) is 38.9 Å². The second kappa shape index (κ2) is 8.82. The Balaban J connectivity index is 2.62. The van der Waals surface area contributed by atoms with Crippen LogP contribution in [0.15, 0.2) is 18.2 Å². The molecule has 1 aromatic carbocycles. The molecule has 0 heterocycles. The number of nitrogens with zero attached hydrogens (tertiary/aromatic N) is 1. The first-order valence-electron chi connectivity index (χ1n) is 6.94. The van der Waals surface area contributed by atoms with E-state index in [4.69, 9.17) is 16.7 Å². The number of hydrogen-bond acceptors (Lipinski definition) is 5. The summed E-state index contributed by atoms with van der Waals surface area (Å²) < 4.78 is 0. The third-order valence-corrected chi connectivity index (χ3v) is 3.34. The Morgan fingerprint density at radius 1 is 1.38 bits per heavy atom. The molecule has 0 spiro atoms. The van der Waals surface area contributed by atoms with Gasteiger partial charge in [0.2, 0.25) is 5.91 Å². The van der Waals surface area contributed by atoms with Gasteiger partial charge in [-0.25, -0.2) is 0 Å². The largest absolute Gasteiger partial charge is 0.481 e. The molecule has 0 saturated carbocycles. The average Bonchev–Trinajstić information content (AvgIpc) is 2.50. The molecule has 24 heavy (non-hydrogen) atoms. The molecule has 0 radical (unpaired) electrons. The molecule has 1 aromatic rings. The van der Waals surface area contributed by atoms with E-state index in [1.165, 1.54) is 12.1 Å². The Bertz CT molecular complexity index is 664. The monoisotopic (exact) mass is 357 g/mol. The molecule has 3 N–H and O–H groups in total. The number of nitro benzene ring substituents is 1. The Hall–Kier alpha value is -2.68. The van der Waals surface area contributed by atoms with E-state index in [9.17, 15) is 24.5 Å². The molecule has 1 atom stereocenters. The van der Waals surface area contributed by atoms with Crippen LogP contribution in [-0.2, 0) is 9.59 Å². The molecule has 0 aliphatic rings. The van der Waals surface area contributed by atoms with Gasteiger partial charge in [-0.3, -0.25) is 24.5 Å². The number of carbonyl (C=O) groups is 3. The quantitative estimate of drug-likeness (QED) is 0.474. The number of nitrogens with one attached hydrogen (secondary N) is 2. The number of halogens is 1. The van der Waals surface area contributed by atoms with E-state index >= 15 is 0 Å². The minimum Gasteiger partial charge on any atom is -0.481 e. The molecule has 0 aliphatic heterocycles. The number of benzene rings is 1. The Labute approximate surface area is 142 Å². The highest BCUT2D eigenvalue weighted by Gasteiger charge is 2.23. The van der Waals surface area contributed by atoms with Crippen LogP contribution in [0.5, 0.6) is 0 Å². The Morgan fingerprint density at radius 2 is 2.04 bits per heavy atom. The molecule has 0 aliphatic carbocycles. The number of carboxylic acid groups (broad SMARTS) is 1. The van der Waals surface area contributed by atoms with Crippen LogP contribution in [0, 0.1) is 10.1 Å². The first kappa shape index (κ1) is 19.4. The second-order valence-electron chi connectivity index (χ2n) is 4.97. The zero-order valence-electron chi connectivity index (χ0n) is 12.7. The van der Waals surface area contributed by atoms with Crippen molar-refractivity contribution in [2.24, 2.45) is 0 Å². The van der Waals surface area contributed by atoms with Crippen LogP contribution < -0.4 is 10.6 Å². The smallest absolute Gasteiger partial charge is 0.303 e. The van der Waals surface area contributed by atoms with E-state index < -0.39 is 34.9 Å². The van der Waals surface area contributed by atoms with Crippen LogP contribution in [0.2, 0.25) is 5.02 Å². The molecule has 130 valence electrons. The van der Waals surface area contributed by atoms with Crippen molar-refractivity contribution in [2.75, 3.05) is 6.54 Å². The third-order valence-electron chi connectivity index (χ3n) is 3.02. The van der Waals surface area contributed by atoms with Crippen LogP contribution in [-0.4, -0.2) is 40.4 Å². The minimum atomic E-state index is -0.976. The molecule has 2 amide bonds. The molecular formula is C14H16ClN3O6. The number of aliphatic carboxylic acids is 1. The normalized spacial score (nSPS) is 11.4. The zero-order chi connectivity index (χ0) is 18.3. The van der Waals surface area contributed by atoms with Crippen molar-refractivity contribution in [1.82, 2.24) is 10.6 Å². The SMILES string of the molecule is CC(CCC(=O)O)NC(=O)CNC(=O)c1c(Cl)cccc1[N+](=O)[O-]. The van der Waals surface area contributed by atoms with E-state index in [2.05, 4.69) is 10.6 Å². The minimum absolute atomic E-state index is 0.0976. The predicted octanol–water partition coefficient (Wildman–Crippen LogP) is 1.35. The van der Waals surface area contributed by atoms with Gasteiger partial charge < -0.3 is 15.7 Å². The first-order valence-corrected chi connectivity index (χ1v) is 7.32. The molecular weight excluding hydrogens is 342 g/mol. The van der Waals surface area contributed by atoms with Crippen molar-refractivity contribution < 1.29 is 24.4 Å². The fourth-order valence-corrected chi connectivity index (χ4v) is 2.13. The van der Waals surface area contributed by atoms with Gasteiger partial charge in [0, 0.05) is 18.5 Å². The zero-order valence-corrected chi connectivity index (χ0v) is 13.5. The van der Waals surface area contributed by atoms with Gasteiger partial charge in [0.05, 0.1) is 16.5 Å². The van der Waals surface area contributed by atoms with E-state index in [0.29, 0.717) is 0 Å². The highest BCUT2D eigenvalue weighted by atomic mass is 35.5. The molecule has 0 saturated heterocycles. The van der Waals surface area contributed by atoms with Crippen molar-refractivity contribution in [1.29, 1.82) is 0 Å². The lowest BCUT2D eigenvalue weighted by atomic mass is 10.1. The maximum Gasteiger partial charge on any atom is 0.303 e. The summed E-state index contributed by atoms with van der Waals surface area (Å²) in [6.07, 6.45) is 0.143. The van der Waals surface area contributed by atoms with Crippen LogP contribution in [0.1, 0.15) is 30.1 Å². The van der Waals surface area contributed by atoms with Crippen molar-refractivity contribution in [3.8, 4) is 0 Å². The summed E-state index contributed by atoms with van der Waals surface area (Å²) in [6, 6.07) is 3.42. The standard InChI is InChI=1S/C14H16ClN3O6/c1-8(5-6-12(20)21)17-11(19)7-16-14(22)13-9(15)3-2-4-10(13)18(23)24/h2-4,8H,5-7H2,1H3,(H,16,22)(H,17,19)(H,20,21). The lowest BCUT2D eigenvalue weighted by Gasteiger charge is -2.13. The fourth-order valence-electron chi connectivity index (χ4n) is 1.88. The van der Waals surface area contributed by atoms with E-state index in [1.807, 2.05) is 0 Å². The van der Waals surface area contributed by atoms with Gasteiger partial charge in [-0.05, 0) is 19.4 Å². The maximum absolute atomic E-state index is 12.0. The molecule has 10 heteroatoms. The second-order valence-corrected chi connectivity index (χ2v) is 5.38. The molecule has 1 unspecified atom stereocenters. The summed E-state index contributed by atoms with van der Waals surface area (Å²) >= 11 is 5.82. The highest BCUT2D eigenvalue weighted by Crippen LogP contribution is 2.25. The summed E-state index contributed by atoms with van der Waals surface area (Å²) in [4.78, 5) is 44.4. The summed E-state index contributed by atoms with van der Waals surface area (Å²) in [5.74, 6) is -2.37. The molecule has 0 fully saturated rings. The van der Waals surface area contributed by atoms with Crippen LogP contribution in [0.3, 0.4) is 0 Å². The van der Waals surface area contributed by atoms with Gasteiger partial charge in [-0.15, -0.1) is 0 Å². The van der Waals surface area contributed by atoms with Gasteiger partial charge >= 0.3 is 5.97 Å². The van der Waals surface area contributed by atoms with Gasteiger partial charge in [-0.1, -0.05) is 17.7 Å². The summed E-state index contributed by atoms with van der Waals surface area (Å²) in [7, 11) is 0. The number of amides is 2. The van der Waals surface area contributed by atoms with Crippen LogP contribution in [0.4, 0.5) is 5.69 Å². The number of hydrogen-bond donors (Lipinski definition) is 3. The topological polar surface area (TPSA) is 139 Å². The summed E-state index contributed by atoms with van der Waals surface area (Å²) in [5, 5.41) is 24.1. The van der Waals surface area contributed by atoms with Gasteiger partial charge in [-0.2, -0.15) is 0 Å². The lowest BCUT2D eigenvalue weighted by Crippen LogP contribution is -2.41. The van der Waals surface area contributed by atoms with Gasteiger partial charge in [0.25, 0.3) is 11.6 Å². The highest BCUT2D eigenvalue weighted by molar-refractivity contribution is 6.34. The summed E-state index contributed by atoms with van der Waals surface area (Å²) in [6.45, 7) is 1.21. The lowest BCUT2D eigenvalue weighted by molar-refractivity contribution is -0.385. The van der Waals surface area contributed by atoms with Gasteiger partial charge in [0.1, 0.15) is 5.56 Å². The number of nitro groups is 1. The fraction of sp³-hybridized carbons (Fsp3) is 0.357. The number of carbonyl (C=O) groups excluding carboxylic acids is 2. The molecule has 0 aromatic heterocycles. The van der Waals surface area contributed by atoms with Crippen molar-refractivity contribution in [2.45, 2.75) is 25.8 Å². The predicted molar refractivity (Wildman–Crippen MR) is 84.9 cm³/mol. The molecule has 1 rings (SSSR count).